The van der Waals surface area contributed by atoms with Crippen LogP contribution in [0.1, 0.15) is 54.4 Å². The number of ether oxygens (including phenoxy) is 1. The minimum Gasteiger partial charge on any atom is -0.480 e. The molecule has 0 aromatic heterocycles. The standard InChI is InChI=1S/C17H30N2O6/c1-10-7-8-13(19(10)16(24)25-17(4,5)6)11(2)18(9-20)14(12(3)21)15(22)23/h9-14,21H,7-8H2,1-6H3,(H,22,23)/t10?,11?,12-,13+,14+/m1/s1. The summed E-state index contributed by atoms with van der Waals surface area (Å²) in [6.07, 6.45) is 0.0563. The van der Waals surface area contributed by atoms with Crippen LogP contribution in [0.5, 0.6) is 0 Å². The van der Waals surface area contributed by atoms with Gasteiger partial charge < -0.3 is 24.7 Å². The predicted octanol–water partition coefficient (Wildman–Crippen LogP) is 1.46. The molecule has 0 spiro atoms. The van der Waals surface area contributed by atoms with Crippen molar-refractivity contribution in [2.24, 2.45) is 0 Å². The van der Waals surface area contributed by atoms with Crippen molar-refractivity contribution >= 4 is 18.5 Å². The molecular formula is C17H30N2O6. The van der Waals surface area contributed by atoms with Gasteiger partial charge in [-0.15, -0.1) is 0 Å². The van der Waals surface area contributed by atoms with Crippen LogP contribution in [-0.2, 0) is 14.3 Å². The van der Waals surface area contributed by atoms with E-state index in [0.29, 0.717) is 12.8 Å². The van der Waals surface area contributed by atoms with Crippen molar-refractivity contribution in [3.05, 3.63) is 0 Å². The van der Waals surface area contributed by atoms with E-state index >= 15 is 0 Å². The van der Waals surface area contributed by atoms with Crippen molar-refractivity contribution < 1.29 is 29.3 Å². The van der Waals surface area contributed by atoms with E-state index in [1.165, 1.54) is 6.92 Å². The van der Waals surface area contributed by atoms with Crippen LogP contribution < -0.4 is 0 Å². The van der Waals surface area contributed by atoms with Gasteiger partial charge in [-0.05, 0) is 54.4 Å². The summed E-state index contributed by atoms with van der Waals surface area (Å²) in [6, 6.07) is -2.41. The number of likely N-dealkylation sites (tertiary alicyclic amines) is 1. The number of hydrogen-bond acceptors (Lipinski definition) is 5. The third-order valence-corrected chi connectivity index (χ3v) is 4.50. The molecule has 0 aromatic carbocycles. The smallest absolute Gasteiger partial charge is 0.410 e. The molecule has 2 N–H and O–H groups in total. The summed E-state index contributed by atoms with van der Waals surface area (Å²) < 4.78 is 5.46. The van der Waals surface area contributed by atoms with E-state index < -0.39 is 35.9 Å². The van der Waals surface area contributed by atoms with E-state index in [0.717, 1.165) is 11.3 Å². The molecule has 8 heteroatoms. The second-order valence-electron chi connectivity index (χ2n) is 7.70. The van der Waals surface area contributed by atoms with E-state index in [2.05, 4.69) is 0 Å². The molecule has 8 nitrogen and oxygen atoms in total. The number of nitrogens with zero attached hydrogens (tertiary/aromatic N) is 2. The molecule has 25 heavy (non-hydrogen) atoms. The van der Waals surface area contributed by atoms with E-state index in [9.17, 15) is 24.6 Å². The Hall–Kier alpha value is -1.83. The van der Waals surface area contributed by atoms with Gasteiger partial charge in [0.15, 0.2) is 6.04 Å². The minimum absolute atomic E-state index is 0.0781. The zero-order valence-corrected chi connectivity index (χ0v) is 15.8. The molecule has 1 aliphatic heterocycles. The van der Waals surface area contributed by atoms with Crippen LogP contribution in [0.4, 0.5) is 4.79 Å². The number of amides is 2. The summed E-state index contributed by atoms with van der Waals surface area (Å²) in [5, 5.41) is 19.1. The predicted molar refractivity (Wildman–Crippen MR) is 91.0 cm³/mol. The molecule has 0 radical (unpaired) electrons. The van der Waals surface area contributed by atoms with Gasteiger partial charge in [0.1, 0.15) is 5.60 Å². The van der Waals surface area contributed by atoms with Crippen molar-refractivity contribution in [2.45, 2.75) is 90.3 Å². The Morgan fingerprint density at radius 3 is 2.24 bits per heavy atom. The zero-order valence-electron chi connectivity index (χ0n) is 15.8. The molecule has 0 saturated carbocycles. The number of carboxylic acid groups (broad SMARTS) is 1. The molecule has 1 saturated heterocycles. The summed E-state index contributed by atoms with van der Waals surface area (Å²) in [6.45, 7) is 10.2. The van der Waals surface area contributed by atoms with Gasteiger partial charge in [-0.3, -0.25) is 4.79 Å². The van der Waals surface area contributed by atoms with Gasteiger partial charge in [0, 0.05) is 6.04 Å². The molecule has 5 atom stereocenters. The Morgan fingerprint density at radius 1 is 1.28 bits per heavy atom. The number of aliphatic hydroxyl groups excluding tert-OH is 1. The average molecular weight is 358 g/mol. The first-order chi connectivity index (χ1) is 11.4. The van der Waals surface area contributed by atoms with Gasteiger partial charge in [0.2, 0.25) is 6.41 Å². The lowest BCUT2D eigenvalue weighted by molar-refractivity contribution is -0.153. The maximum absolute atomic E-state index is 12.6. The Balaban J connectivity index is 3.07. The summed E-state index contributed by atoms with van der Waals surface area (Å²) in [5.41, 5.74) is -0.652. The molecule has 0 aliphatic carbocycles. The highest BCUT2D eigenvalue weighted by Crippen LogP contribution is 2.30. The number of aliphatic carboxylic acids is 1. The summed E-state index contributed by atoms with van der Waals surface area (Å²) in [7, 11) is 0. The monoisotopic (exact) mass is 358 g/mol. The summed E-state index contributed by atoms with van der Waals surface area (Å²) in [4.78, 5) is 38.2. The van der Waals surface area contributed by atoms with Crippen LogP contribution in [-0.4, -0.2) is 74.4 Å². The maximum atomic E-state index is 12.6. The lowest BCUT2D eigenvalue weighted by Gasteiger charge is -2.40. The average Bonchev–Trinajstić information content (AvgIpc) is 2.82. The third-order valence-electron chi connectivity index (χ3n) is 4.50. The van der Waals surface area contributed by atoms with Gasteiger partial charge in [-0.2, -0.15) is 0 Å². The van der Waals surface area contributed by atoms with Crippen molar-refractivity contribution in [1.82, 2.24) is 9.80 Å². The molecular weight excluding hydrogens is 328 g/mol. The fourth-order valence-corrected chi connectivity index (χ4v) is 3.32. The molecule has 1 aliphatic rings. The lowest BCUT2D eigenvalue weighted by Crippen LogP contribution is -2.58. The van der Waals surface area contributed by atoms with Crippen molar-refractivity contribution in [3.8, 4) is 0 Å². The normalized spacial score (nSPS) is 24.4. The van der Waals surface area contributed by atoms with E-state index in [-0.39, 0.29) is 12.1 Å². The molecule has 1 rings (SSSR count). The van der Waals surface area contributed by atoms with E-state index in [4.69, 9.17) is 4.74 Å². The molecule has 2 amide bonds. The number of hydrogen-bond donors (Lipinski definition) is 2. The van der Waals surface area contributed by atoms with Gasteiger partial charge in [0.25, 0.3) is 0 Å². The molecule has 1 fully saturated rings. The van der Waals surface area contributed by atoms with Crippen LogP contribution >= 0.6 is 0 Å². The van der Waals surface area contributed by atoms with Gasteiger partial charge in [-0.1, -0.05) is 0 Å². The highest BCUT2D eigenvalue weighted by atomic mass is 16.6. The van der Waals surface area contributed by atoms with Crippen LogP contribution in [0.3, 0.4) is 0 Å². The Morgan fingerprint density at radius 2 is 1.84 bits per heavy atom. The van der Waals surface area contributed by atoms with Crippen molar-refractivity contribution in [2.75, 3.05) is 0 Å². The fourth-order valence-electron chi connectivity index (χ4n) is 3.32. The Kier molecular flexibility index (Phi) is 6.82. The largest absolute Gasteiger partial charge is 0.480 e. The summed E-state index contributed by atoms with van der Waals surface area (Å²) in [5.74, 6) is -1.29. The van der Waals surface area contributed by atoms with Gasteiger partial charge >= 0.3 is 12.1 Å². The second-order valence-corrected chi connectivity index (χ2v) is 7.70. The molecule has 0 bridgehead atoms. The number of carboxylic acids is 1. The third kappa shape index (κ3) is 5.07. The van der Waals surface area contributed by atoms with Crippen molar-refractivity contribution in [3.63, 3.8) is 0 Å². The van der Waals surface area contributed by atoms with E-state index in [1.807, 2.05) is 6.92 Å². The Bertz CT molecular complexity index is 502. The quantitative estimate of drug-likeness (QED) is 0.696. The first-order valence-electron chi connectivity index (χ1n) is 8.55. The highest BCUT2D eigenvalue weighted by Gasteiger charge is 2.44. The molecule has 144 valence electrons. The number of carbonyl (C=O) groups is 3. The minimum atomic E-state index is -1.37. The van der Waals surface area contributed by atoms with E-state index in [1.54, 1.807) is 32.6 Å². The van der Waals surface area contributed by atoms with Crippen LogP contribution in [0.2, 0.25) is 0 Å². The molecule has 0 aromatic rings. The first-order valence-corrected chi connectivity index (χ1v) is 8.55. The first kappa shape index (κ1) is 21.2. The maximum Gasteiger partial charge on any atom is 0.410 e. The van der Waals surface area contributed by atoms with Gasteiger partial charge in [-0.25, -0.2) is 9.59 Å². The van der Waals surface area contributed by atoms with Gasteiger partial charge in [0.05, 0.1) is 18.2 Å². The van der Waals surface area contributed by atoms with Crippen LogP contribution in [0.15, 0.2) is 0 Å². The second kappa shape index (κ2) is 8.03. The molecule has 2 unspecified atom stereocenters. The van der Waals surface area contributed by atoms with Crippen molar-refractivity contribution in [1.29, 1.82) is 0 Å². The van der Waals surface area contributed by atoms with Crippen LogP contribution in [0, 0.1) is 0 Å². The SMILES string of the molecule is CC([C@@H]1CCC(C)N1C(=O)OC(C)(C)C)N(C=O)[C@H](C(=O)O)[C@@H](C)O. The lowest BCUT2D eigenvalue weighted by atomic mass is 10.0. The highest BCUT2D eigenvalue weighted by molar-refractivity contribution is 5.77. The number of aliphatic hydroxyl groups is 1. The van der Waals surface area contributed by atoms with Crippen LogP contribution in [0.25, 0.3) is 0 Å². The zero-order chi connectivity index (χ0) is 19.5. The Labute approximate surface area is 148 Å². The fraction of sp³-hybridized carbons (Fsp3) is 0.824. The topological polar surface area (TPSA) is 107 Å². The summed E-state index contributed by atoms with van der Waals surface area (Å²) >= 11 is 0. The molecule has 1 heterocycles. The number of carbonyl (C=O) groups excluding carboxylic acids is 2. The number of rotatable bonds is 6.